The average molecular weight is 279 g/mol. The van der Waals surface area contributed by atoms with Crippen molar-refractivity contribution in [2.24, 2.45) is 0 Å². The summed E-state index contributed by atoms with van der Waals surface area (Å²) in [7, 11) is 1.82. The summed E-state index contributed by atoms with van der Waals surface area (Å²) in [6, 6.07) is 0.860. The van der Waals surface area contributed by atoms with E-state index in [0.29, 0.717) is 24.5 Å². The highest BCUT2D eigenvalue weighted by Crippen LogP contribution is 2.26. The van der Waals surface area contributed by atoms with Crippen LogP contribution in [-0.4, -0.2) is 56.1 Å². The van der Waals surface area contributed by atoms with Gasteiger partial charge in [-0.05, 0) is 40.5 Å². The van der Waals surface area contributed by atoms with Crippen molar-refractivity contribution < 1.29 is 4.79 Å². The van der Waals surface area contributed by atoms with E-state index in [1.54, 1.807) is 4.90 Å². The van der Waals surface area contributed by atoms with Crippen LogP contribution in [0.25, 0.3) is 0 Å². The molecule has 1 N–H and O–H groups in total. The zero-order valence-corrected chi connectivity index (χ0v) is 13.1. The minimum atomic E-state index is -0.0902. The van der Waals surface area contributed by atoms with Crippen molar-refractivity contribution >= 4 is 5.91 Å². The third-order valence-corrected chi connectivity index (χ3v) is 4.22. The summed E-state index contributed by atoms with van der Waals surface area (Å²) in [6.07, 6.45) is 2.34. The van der Waals surface area contributed by atoms with Crippen LogP contribution in [0.5, 0.6) is 0 Å². The Morgan fingerprint density at radius 3 is 2.55 bits per heavy atom. The predicted molar refractivity (Wildman–Crippen MR) is 77.1 cm³/mol. The number of likely N-dealkylation sites (N-methyl/N-ethyl adjacent to an activating group) is 1. The summed E-state index contributed by atoms with van der Waals surface area (Å²) in [6.45, 7) is 8.71. The van der Waals surface area contributed by atoms with Crippen molar-refractivity contribution in [3.05, 3.63) is 11.6 Å². The van der Waals surface area contributed by atoms with Gasteiger partial charge in [0.25, 0.3) is 0 Å². The van der Waals surface area contributed by atoms with Crippen molar-refractivity contribution in [1.82, 2.24) is 25.0 Å². The lowest BCUT2D eigenvalue weighted by Crippen LogP contribution is -2.49. The molecule has 112 valence electrons. The maximum absolute atomic E-state index is 12.6. The Morgan fingerprint density at radius 1 is 1.45 bits per heavy atom. The van der Waals surface area contributed by atoms with E-state index in [1.807, 2.05) is 20.9 Å². The number of hydrogen-bond acceptors (Lipinski definition) is 4. The number of hydrogen-bond donors (Lipinski definition) is 1. The van der Waals surface area contributed by atoms with Crippen molar-refractivity contribution in [3.63, 3.8) is 0 Å². The number of carbonyl (C=O) groups excluding carboxylic acids is 1. The van der Waals surface area contributed by atoms with E-state index >= 15 is 0 Å². The van der Waals surface area contributed by atoms with Gasteiger partial charge in [0.15, 0.2) is 5.82 Å². The van der Waals surface area contributed by atoms with Gasteiger partial charge < -0.3 is 4.90 Å². The third kappa shape index (κ3) is 3.00. The number of aryl methyl sites for hydroxylation is 1. The molecule has 0 bridgehead atoms. The fourth-order valence-corrected chi connectivity index (χ4v) is 3.17. The number of nitrogens with zero attached hydrogens (tertiary/aromatic N) is 4. The molecule has 1 aliphatic heterocycles. The standard InChI is InChI=1S/C14H25N5O/c1-9-6-7-10(2)19(9)11(3)14(20)18(5)8-13-15-12(4)16-17-13/h9-11H,6-8H2,1-5H3,(H,15,16,17). The number of aromatic amines is 1. The number of rotatable bonds is 4. The van der Waals surface area contributed by atoms with Crippen LogP contribution in [0.2, 0.25) is 0 Å². The Bertz CT molecular complexity index is 462. The van der Waals surface area contributed by atoms with Crippen LogP contribution in [-0.2, 0) is 11.3 Å². The first-order valence-corrected chi connectivity index (χ1v) is 7.30. The SMILES string of the molecule is Cc1nc(CN(C)C(=O)C(C)N2C(C)CCC2C)n[nH]1. The second-order valence-corrected chi connectivity index (χ2v) is 5.93. The number of nitrogens with one attached hydrogen (secondary N) is 1. The summed E-state index contributed by atoms with van der Waals surface area (Å²) < 4.78 is 0. The highest BCUT2D eigenvalue weighted by atomic mass is 16.2. The number of amides is 1. The summed E-state index contributed by atoms with van der Waals surface area (Å²) in [5.74, 6) is 1.57. The zero-order chi connectivity index (χ0) is 14.9. The van der Waals surface area contributed by atoms with Crippen LogP contribution in [0.1, 0.15) is 45.3 Å². The molecule has 6 heteroatoms. The van der Waals surface area contributed by atoms with Gasteiger partial charge in [0.2, 0.25) is 5.91 Å². The van der Waals surface area contributed by atoms with Crippen LogP contribution < -0.4 is 0 Å². The van der Waals surface area contributed by atoms with E-state index in [9.17, 15) is 4.79 Å². The molecule has 1 aromatic heterocycles. The van der Waals surface area contributed by atoms with Gasteiger partial charge in [-0.15, -0.1) is 0 Å². The Kier molecular flexibility index (Phi) is 4.42. The summed E-state index contributed by atoms with van der Waals surface area (Å²) >= 11 is 0. The minimum Gasteiger partial charge on any atom is -0.337 e. The molecule has 20 heavy (non-hydrogen) atoms. The van der Waals surface area contributed by atoms with Gasteiger partial charge in [0.1, 0.15) is 5.82 Å². The van der Waals surface area contributed by atoms with Gasteiger partial charge in [0.05, 0.1) is 12.6 Å². The molecule has 0 spiro atoms. The van der Waals surface area contributed by atoms with E-state index in [2.05, 4.69) is 33.9 Å². The molecule has 0 radical (unpaired) electrons. The van der Waals surface area contributed by atoms with E-state index in [0.717, 1.165) is 5.82 Å². The van der Waals surface area contributed by atoms with Crippen molar-refractivity contribution in [1.29, 1.82) is 0 Å². The van der Waals surface area contributed by atoms with Gasteiger partial charge in [0, 0.05) is 19.1 Å². The fraction of sp³-hybridized carbons (Fsp3) is 0.786. The molecule has 2 heterocycles. The Labute approximate surface area is 120 Å². The summed E-state index contributed by atoms with van der Waals surface area (Å²) in [5, 5.41) is 6.88. The number of aromatic nitrogens is 3. The molecular formula is C14H25N5O. The van der Waals surface area contributed by atoms with Gasteiger partial charge >= 0.3 is 0 Å². The van der Waals surface area contributed by atoms with E-state index in [4.69, 9.17) is 0 Å². The number of carbonyl (C=O) groups is 1. The van der Waals surface area contributed by atoms with Crippen molar-refractivity contribution in [2.75, 3.05) is 7.05 Å². The minimum absolute atomic E-state index is 0.0902. The fourth-order valence-electron chi connectivity index (χ4n) is 3.17. The van der Waals surface area contributed by atoms with Crippen LogP contribution in [0, 0.1) is 6.92 Å². The number of likely N-dealkylation sites (tertiary alicyclic amines) is 1. The lowest BCUT2D eigenvalue weighted by Gasteiger charge is -2.33. The lowest BCUT2D eigenvalue weighted by atomic mass is 10.2. The predicted octanol–water partition coefficient (Wildman–Crippen LogP) is 1.33. The maximum atomic E-state index is 12.6. The summed E-state index contributed by atoms with van der Waals surface area (Å²) in [5.41, 5.74) is 0. The normalized spacial score (nSPS) is 24.9. The molecule has 1 fully saturated rings. The molecule has 6 nitrogen and oxygen atoms in total. The van der Waals surface area contributed by atoms with Crippen molar-refractivity contribution in [2.45, 2.75) is 65.2 Å². The quantitative estimate of drug-likeness (QED) is 0.903. The zero-order valence-electron chi connectivity index (χ0n) is 13.1. The molecule has 1 saturated heterocycles. The molecule has 0 saturated carbocycles. The third-order valence-electron chi connectivity index (χ3n) is 4.22. The highest BCUT2D eigenvalue weighted by Gasteiger charge is 2.35. The monoisotopic (exact) mass is 279 g/mol. The topological polar surface area (TPSA) is 65.1 Å². The Morgan fingerprint density at radius 2 is 2.05 bits per heavy atom. The molecule has 2 rings (SSSR count). The molecule has 3 atom stereocenters. The molecule has 0 aliphatic carbocycles. The average Bonchev–Trinajstić information content (AvgIpc) is 2.94. The van der Waals surface area contributed by atoms with Gasteiger partial charge in [-0.3, -0.25) is 14.8 Å². The smallest absolute Gasteiger partial charge is 0.239 e. The van der Waals surface area contributed by atoms with Crippen LogP contribution in [0.15, 0.2) is 0 Å². The first-order chi connectivity index (χ1) is 9.40. The molecule has 1 aliphatic rings. The van der Waals surface area contributed by atoms with Crippen LogP contribution in [0.3, 0.4) is 0 Å². The molecular weight excluding hydrogens is 254 g/mol. The van der Waals surface area contributed by atoms with Crippen LogP contribution in [0.4, 0.5) is 0 Å². The summed E-state index contributed by atoms with van der Waals surface area (Å²) in [4.78, 5) is 20.8. The first-order valence-electron chi connectivity index (χ1n) is 7.30. The largest absolute Gasteiger partial charge is 0.337 e. The maximum Gasteiger partial charge on any atom is 0.239 e. The van der Waals surface area contributed by atoms with Crippen molar-refractivity contribution in [3.8, 4) is 0 Å². The van der Waals surface area contributed by atoms with E-state index in [1.165, 1.54) is 12.8 Å². The Balaban J connectivity index is 1.99. The first kappa shape index (κ1) is 15.0. The lowest BCUT2D eigenvalue weighted by molar-refractivity contribution is -0.136. The molecule has 1 amide bonds. The van der Waals surface area contributed by atoms with Gasteiger partial charge in [-0.25, -0.2) is 4.98 Å². The second kappa shape index (κ2) is 5.91. The molecule has 3 unspecified atom stereocenters. The van der Waals surface area contributed by atoms with E-state index in [-0.39, 0.29) is 11.9 Å². The van der Waals surface area contributed by atoms with Gasteiger partial charge in [-0.2, -0.15) is 5.10 Å². The second-order valence-electron chi connectivity index (χ2n) is 5.93. The van der Waals surface area contributed by atoms with E-state index < -0.39 is 0 Å². The van der Waals surface area contributed by atoms with Gasteiger partial charge in [-0.1, -0.05) is 0 Å². The molecule has 1 aromatic rings. The highest BCUT2D eigenvalue weighted by molar-refractivity contribution is 5.81. The number of H-pyrrole nitrogens is 1. The molecule has 0 aromatic carbocycles. The Hall–Kier alpha value is -1.43. The van der Waals surface area contributed by atoms with Crippen LogP contribution >= 0.6 is 0 Å².